The quantitative estimate of drug-likeness (QED) is 0.237. The van der Waals surface area contributed by atoms with Crippen LogP contribution in [-0.2, 0) is 9.47 Å². The monoisotopic (exact) mass is 618 g/mol. The van der Waals surface area contributed by atoms with E-state index in [4.69, 9.17) is 18.9 Å². The lowest BCUT2D eigenvalue weighted by atomic mass is 10.1. The molecule has 45 heavy (non-hydrogen) atoms. The highest BCUT2D eigenvalue weighted by Crippen LogP contribution is 2.33. The number of rotatable bonds is 10. The van der Waals surface area contributed by atoms with Crippen LogP contribution in [0.1, 0.15) is 40.5 Å². The standard InChI is InChI=1S/C25H28N4O5.C7H7FN2O/c1-15-12-28-25(33-15)23-8-7-21(29-23)17-9-19(32-16(2)14-31-4)11-20(10-17)34-18-5-6-22(27-13-18)24(30)26-3;1-9-7(11)6-3-2-5(8)4-10-6/h5-11,13,15-16,29H,12,14H2,1-4H3,(H,26,30);2-4H,1H3,(H,9,11)/t15-,16-;/m0./s1. The van der Waals surface area contributed by atoms with Gasteiger partial charge < -0.3 is 34.6 Å². The highest BCUT2D eigenvalue weighted by Gasteiger charge is 2.19. The van der Waals surface area contributed by atoms with E-state index < -0.39 is 5.82 Å². The van der Waals surface area contributed by atoms with Gasteiger partial charge in [-0.3, -0.25) is 9.59 Å². The van der Waals surface area contributed by atoms with E-state index in [1.54, 1.807) is 32.4 Å². The fourth-order valence-corrected chi connectivity index (χ4v) is 4.15. The van der Waals surface area contributed by atoms with Crippen LogP contribution in [0.15, 0.2) is 72.0 Å². The molecule has 5 rings (SSSR count). The molecule has 1 aliphatic heterocycles. The number of aromatic nitrogens is 3. The predicted molar refractivity (Wildman–Crippen MR) is 165 cm³/mol. The number of carbonyl (C=O) groups excluding carboxylic acids is 2. The number of hydrogen-bond acceptors (Lipinski definition) is 9. The first kappa shape index (κ1) is 32.6. The van der Waals surface area contributed by atoms with E-state index >= 15 is 0 Å². The molecule has 12 nitrogen and oxygen atoms in total. The molecular formula is C32H35FN6O6. The molecule has 0 bridgehead atoms. The number of ether oxygens (including phenoxy) is 4. The summed E-state index contributed by atoms with van der Waals surface area (Å²) in [6.07, 6.45) is 2.44. The van der Waals surface area contributed by atoms with Crippen LogP contribution in [0, 0.1) is 5.82 Å². The Hall–Kier alpha value is -5.30. The van der Waals surface area contributed by atoms with Gasteiger partial charge in [-0.15, -0.1) is 0 Å². The van der Waals surface area contributed by atoms with Gasteiger partial charge >= 0.3 is 0 Å². The number of aromatic amines is 1. The number of amides is 2. The van der Waals surface area contributed by atoms with Gasteiger partial charge in [0, 0.05) is 38.5 Å². The lowest BCUT2D eigenvalue weighted by molar-refractivity contribution is 0.0920. The molecule has 13 heteroatoms. The summed E-state index contributed by atoms with van der Waals surface area (Å²) in [4.78, 5) is 38.1. The van der Waals surface area contributed by atoms with Gasteiger partial charge in [0.05, 0.1) is 25.5 Å². The number of aliphatic imine (C=N–C) groups is 1. The molecule has 0 spiro atoms. The molecule has 0 unspecified atom stereocenters. The normalized spacial score (nSPS) is 14.3. The SMILES string of the molecule is CNC(=O)c1ccc(F)cn1.CNC(=O)c1ccc(Oc2cc(O[C@@H](C)COC)cc(-c3ccc(C4=NC[C@H](C)O4)[nH]3)c2)cn1. The summed E-state index contributed by atoms with van der Waals surface area (Å²) in [5.74, 6) is 1.28. The lowest BCUT2D eigenvalue weighted by Gasteiger charge is -2.16. The second-order valence-electron chi connectivity index (χ2n) is 9.94. The number of nitrogens with zero attached hydrogens (tertiary/aromatic N) is 3. The molecule has 0 saturated carbocycles. The zero-order valence-corrected chi connectivity index (χ0v) is 25.6. The zero-order chi connectivity index (χ0) is 32.3. The van der Waals surface area contributed by atoms with E-state index in [0.717, 1.165) is 23.1 Å². The van der Waals surface area contributed by atoms with Crippen molar-refractivity contribution in [3.63, 3.8) is 0 Å². The molecule has 3 aromatic heterocycles. The molecule has 4 aromatic rings. The summed E-state index contributed by atoms with van der Waals surface area (Å²) in [5, 5.41) is 4.92. The van der Waals surface area contributed by atoms with Crippen molar-refractivity contribution in [2.45, 2.75) is 26.1 Å². The predicted octanol–water partition coefficient (Wildman–Crippen LogP) is 4.39. The first-order valence-corrected chi connectivity index (χ1v) is 14.1. The van der Waals surface area contributed by atoms with Crippen LogP contribution in [0.2, 0.25) is 0 Å². The Balaban J connectivity index is 0.000000354. The molecule has 0 aliphatic carbocycles. The maximum atomic E-state index is 12.3. The van der Waals surface area contributed by atoms with Gasteiger partial charge in [0.1, 0.15) is 52.4 Å². The first-order valence-electron chi connectivity index (χ1n) is 14.1. The molecule has 0 fully saturated rings. The van der Waals surface area contributed by atoms with Crippen molar-refractivity contribution in [1.29, 1.82) is 0 Å². The number of pyridine rings is 2. The van der Waals surface area contributed by atoms with Crippen LogP contribution in [0.5, 0.6) is 17.2 Å². The topological polar surface area (TPSA) is 149 Å². The number of methoxy groups -OCH3 is 1. The van der Waals surface area contributed by atoms with Crippen molar-refractivity contribution in [3.05, 3.63) is 89.9 Å². The molecule has 0 saturated heterocycles. The lowest BCUT2D eigenvalue weighted by Crippen LogP contribution is -2.18. The van der Waals surface area contributed by atoms with Gasteiger partial charge in [0.25, 0.3) is 11.8 Å². The third kappa shape index (κ3) is 9.10. The van der Waals surface area contributed by atoms with Crippen molar-refractivity contribution in [1.82, 2.24) is 25.6 Å². The molecule has 3 N–H and O–H groups in total. The van der Waals surface area contributed by atoms with E-state index in [1.165, 1.54) is 25.4 Å². The van der Waals surface area contributed by atoms with Crippen LogP contribution in [0.4, 0.5) is 4.39 Å². The Bertz CT molecular complexity index is 1620. The largest absolute Gasteiger partial charge is 0.488 e. The van der Waals surface area contributed by atoms with Gasteiger partial charge in [-0.1, -0.05) is 0 Å². The minimum atomic E-state index is -0.447. The Morgan fingerprint density at radius 2 is 1.62 bits per heavy atom. The second-order valence-corrected chi connectivity index (χ2v) is 9.94. The summed E-state index contributed by atoms with van der Waals surface area (Å²) in [6, 6.07) is 15.4. The van der Waals surface area contributed by atoms with E-state index in [2.05, 4.69) is 30.6 Å². The molecule has 1 aliphatic rings. The van der Waals surface area contributed by atoms with E-state index in [9.17, 15) is 14.0 Å². The van der Waals surface area contributed by atoms with Gasteiger partial charge in [0.15, 0.2) is 0 Å². The Labute approximate surface area is 260 Å². The Morgan fingerprint density at radius 3 is 2.20 bits per heavy atom. The summed E-state index contributed by atoms with van der Waals surface area (Å²) in [6.45, 7) is 5.02. The average Bonchev–Trinajstić information content (AvgIpc) is 3.71. The van der Waals surface area contributed by atoms with Crippen molar-refractivity contribution in [2.75, 3.05) is 34.4 Å². The molecule has 1 aromatic carbocycles. The third-order valence-electron chi connectivity index (χ3n) is 6.27. The molecule has 236 valence electrons. The van der Waals surface area contributed by atoms with E-state index in [1.807, 2.05) is 38.1 Å². The van der Waals surface area contributed by atoms with E-state index in [-0.39, 0.29) is 29.7 Å². The first-order chi connectivity index (χ1) is 21.7. The van der Waals surface area contributed by atoms with Gasteiger partial charge in [0.2, 0.25) is 5.90 Å². The second kappa shape index (κ2) is 15.4. The molecule has 4 heterocycles. The molecule has 0 radical (unpaired) electrons. The van der Waals surface area contributed by atoms with E-state index in [0.29, 0.717) is 42.0 Å². The van der Waals surface area contributed by atoms with Crippen molar-refractivity contribution in [2.24, 2.45) is 4.99 Å². The maximum Gasteiger partial charge on any atom is 0.269 e. The van der Waals surface area contributed by atoms with Crippen molar-refractivity contribution >= 4 is 17.7 Å². The smallest absolute Gasteiger partial charge is 0.269 e. The fraction of sp³-hybridized carbons (Fsp3) is 0.281. The minimum Gasteiger partial charge on any atom is -0.488 e. The number of hydrogen-bond donors (Lipinski definition) is 3. The number of nitrogens with one attached hydrogen (secondary N) is 3. The summed E-state index contributed by atoms with van der Waals surface area (Å²) in [7, 11) is 4.69. The van der Waals surface area contributed by atoms with Crippen LogP contribution in [0.3, 0.4) is 0 Å². The Morgan fingerprint density at radius 1 is 0.956 bits per heavy atom. The molecule has 2 atom stereocenters. The summed E-state index contributed by atoms with van der Waals surface area (Å²) in [5.41, 5.74) is 3.07. The number of benzene rings is 1. The fourth-order valence-electron chi connectivity index (χ4n) is 4.15. The van der Waals surface area contributed by atoms with Crippen molar-refractivity contribution in [3.8, 4) is 28.5 Å². The summed E-state index contributed by atoms with van der Waals surface area (Å²) >= 11 is 0. The third-order valence-corrected chi connectivity index (χ3v) is 6.27. The van der Waals surface area contributed by atoms with Crippen LogP contribution in [-0.4, -0.2) is 79.2 Å². The Kier molecular flexibility index (Phi) is 11.2. The molecular weight excluding hydrogens is 583 g/mol. The highest BCUT2D eigenvalue weighted by atomic mass is 19.1. The number of carbonyl (C=O) groups is 2. The zero-order valence-electron chi connectivity index (χ0n) is 25.6. The summed E-state index contributed by atoms with van der Waals surface area (Å²) < 4.78 is 35.3. The molecule has 2 amide bonds. The minimum absolute atomic E-state index is 0.0733. The van der Waals surface area contributed by atoms with Crippen molar-refractivity contribution < 1.29 is 32.9 Å². The average molecular weight is 619 g/mol. The number of halogens is 1. The van der Waals surface area contributed by atoms with Crippen LogP contribution >= 0.6 is 0 Å². The van der Waals surface area contributed by atoms with Gasteiger partial charge in [-0.2, -0.15) is 0 Å². The van der Waals surface area contributed by atoms with Gasteiger partial charge in [-0.05, 0) is 62.4 Å². The number of H-pyrrole nitrogens is 1. The van der Waals surface area contributed by atoms with Crippen LogP contribution < -0.4 is 20.1 Å². The maximum absolute atomic E-state index is 12.3. The van der Waals surface area contributed by atoms with Gasteiger partial charge in [-0.25, -0.2) is 19.4 Å². The van der Waals surface area contributed by atoms with Crippen LogP contribution in [0.25, 0.3) is 11.3 Å². The highest BCUT2D eigenvalue weighted by molar-refractivity contribution is 5.94.